The van der Waals surface area contributed by atoms with Crippen LogP contribution in [0.25, 0.3) is 0 Å². The van der Waals surface area contributed by atoms with Crippen LogP contribution in [-0.4, -0.2) is 34.5 Å². The highest BCUT2D eigenvalue weighted by Gasteiger charge is 2.18. The molecule has 1 saturated heterocycles. The summed E-state index contributed by atoms with van der Waals surface area (Å²) in [7, 11) is -2.24. The molecule has 7 heteroatoms. The lowest BCUT2D eigenvalue weighted by Gasteiger charge is -2.33. The van der Waals surface area contributed by atoms with Gasteiger partial charge in [-0.3, -0.25) is 4.79 Å². The number of piperidine rings is 1. The van der Waals surface area contributed by atoms with Gasteiger partial charge < -0.3 is 10.2 Å². The highest BCUT2D eigenvalue weighted by Crippen LogP contribution is 2.25. The third kappa shape index (κ3) is 5.16. The quantitative estimate of drug-likeness (QED) is 0.759. The molecule has 2 aromatic carbocycles. The molecular weight excluding hydrogens is 386 g/mol. The van der Waals surface area contributed by atoms with E-state index in [1.54, 1.807) is 12.1 Å². The summed E-state index contributed by atoms with van der Waals surface area (Å²) in [6.45, 7) is 6.37. The number of amides is 1. The van der Waals surface area contributed by atoms with Crippen LogP contribution in [0, 0.1) is 5.92 Å². The smallest absolute Gasteiger partial charge is 0.251 e. The number of nitrogens with one attached hydrogen (secondary N) is 2. The van der Waals surface area contributed by atoms with Crippen molar-refractivity contribution in [1.82, 2.24) is 10.0 Å². The van der Waals surface area contributed by atoms with Crippen molar-refractivity contribution in [3.05, 3.63) is 59.7 Å². The van der Waals surface area contributed by atoms with Crippen molar-refractivity contribution >= 4 is 21.6 Å². The van der Waals surface area contributed by atoms with Crippen molar-refractivity contribution in [2.24, 2.45) is 5.92 Å². The van der Waals surface area contributed by atoms with Crippen LogP contribution in [0.15, 0.2) is 53.4 Å². The molecule has 1 aliphatic rings. The molecule has 0 radical (unpaired) electrons. The minimum Gasteiger partial charge on any atom is -0.371 e. The molecule has 0 bridgehead atoms. The molecule has 2 aromatic rings. The predicted octanol–water partition coefficient (Wildman–Crippen LogP) is 3.32. The lowest BCUT2D eigenvalue weighted by atomic mass is 9.99. The van der Waals surface area contributed by atoms with Crippen LogP contribution in [0.3, 0.4) is 0 Å². The lowest BCUT2D eigenvalue weighted by Crippen LogP contribution is -2.34. The van der Waals surface area contributed by atoms with Crippen LogP contribution < -0.4 is 14.9 Å². The predicted molar refractivity (Wildman–Crippen MR) is 116 cm³/mol. The molecule has 6 nitrogen and oxygen atoms in total. The van der Waals surface area contributed by atoms with Crippen molar-refractivity contribution in [2.75, 3.05) is 25.0 Å². The van der Waals surface area contributed by atoms with Gasteiger partial charge in [-0.05, 0) is 68.6 Å². The molecule has 0 saturated carbocycles. The van der Waals surface area contributed by atoms with E-state index in [9.17, 15) is 13.2 Å². The van der Waals surface area contributed by atoms with Crippen LogP contribution in [0.5, 0.6) is 0 Å². The second-order valence-corrected chi connectivity index (χ2v) is 9.60. The largest absolute Gasteiger partial charge is 0.371 e. The third-order valence-electron chi connectivity index (χ3n) is 5.44. The number of rotatable bonds is 6. The van der Waals surface area contributed by atoms with Crippen molar-refractivity contribution < 1.29 is 13.2 Å². The van der Waals surface area contributed by atoms with Crippen LogP contribution in [-0.2, 0) is 10.0 Å². The van der Waals surface area contributed by atoms with Crippen LogP contribution in [0.4, 0.5) is 5.69 Å². The minimum absolute atomic E-state index is 0.0698. The fraction of sp³-hybridized carbons (Fsp3) is 0.409. The summed E-state index contributed by atoms with van der Waals surface area (Å²) in [4.78, 5) is 15.1. The zero-order chi connectivity index (χ0) is 21.0. The molecule has 0 aromatic heterocycles. The van der Waals surface area contributed by atoms with Crippen molar-refractivity contribution in [1.29, 1.82) is 0 Å². The Labute approximate surface area is 173 Å². The molecule has 1 amide bonds. The van der Waals surface area contributed by atoms with E-state index in [1.807, 2.05) is 19.1 Å². The first-order chi connectivity index (χ1) is 13.8. The van der Waals surface area contributed by atoms with Gasteiger partial charge in [0.15, 0.2) is 0 Å². The summed E-state index contributed by atoms with van der Waals surface area (Å²) in [5, 5.41) is 2.95. The Balaban J connectivity index is 1.68. The normalized spacial score (nSPS) is 18.3. The van der Waals surface area contributed by atoms with Gasteiger partial charge in [0.05, 0.1) is 10.9 Å². The van der Waals surface area contributed by atoms with Gasteiger partial charge in [0.2, 0.25) is 10.0 Å². The zero-order valence-electron chi connectivity index (χ0n) is 17.2. The molecule has 1 aliphatic heterocycles. The van der Waals surface area contributed by atoms with Crippen LogP contribution in [0.1, 0.15) is 48.7 Å². The van der Waals surface area contributed by atoms with E-state index in [4.69, 9.17) is 0 Å². The molecule has 2 atom stereocenters. The Morgan fingerprint density at radius 1 is 1.17 bits per heavy atom. The SMILES string of the molecule is CNS(=O)(=O)c1cccc(C(=O)N[C@H](C)c2ccc(N3CCC[C@@H](C)C3)cc2)c1. The molecule has 0 spiro atoms. The zero-order valence-corrected chi connectivity index (χ0v) is 18.0. The van der Waals surface area contributed by atoms with E-state index in [1.165, 1.54) is 37.7 Å². The molecular formula is C22H29N3O3S. The Morgan fingerprint density at radius 3 is 2.55 bits per heavy atom. The molecule has 1 heterocycles. The first kappa shape index (κ1) is 21.3. The average Bonchev–Trinajstić information content (AvgIpc) is 2.74. The molecule has 0 aliphatic carbocycles. The topological polar surface area (TPSA) is 78.5 Å². The summed E-state index contributed by atoms with van der Waals surface area (Å²) in [5.74, 6) is 0.406. The van der Waals surface area contributed by atoms with Gasteiger partial charge >= 0.3 is 0 Å². The molecule has 29 heavy (non-hydrogen) atoms. The van der Waals surface area contributed by atoms with Crippen molar-refractivity contribution in [3.8, 4) is 0 Å². The van der Waals surface area contributed by atoms with Gasteiger partial charge in [-0.25, -0.2) is 13.1 Å². The minimum atomic E-state index is -3.59. The Kier molecular flexibility index (Phi) is 6.59. The standard InChI is InChI=1S/C22H29N3O3S/c1-16-6-5-13-25(15-16)20-11-9-18(10-12-20)17(2)24-22(26)19-7-4-8-21(14-19)29(27,28)23-3/h4,7-12,14,16-17,23H,5-6,13,15H2,1-3H3,(H,24,26)/t16-,17-/m1/s1. The van der Waals surface area contributed by atoms with E-state index in [2.05, 4.69) is 34.0 Å². The van der Waals surface area contributed by atoms with Crippen molar-refractivity contribution in [2.45, 2.75) is 37.6 Å². The Hall–Kier alpha value is -2.38. The summed E-state index contributed by atoms with van der Waals surface area (Å²) in [5.41, 5.74) is 2.53. The van der Waals surface area contributed by atoms with Crippen LogP contribution in [0.2, 0.25) is 0 Å². The van der Waals surface area contributed by atoms with Crippen molar-refractivity contribution in [3.63, 3.8) is 0 Å². The number of hydrogen-bond donors (Lipinski definition) is 2. The third-order valence-corrected chi connectivity index (χ3v) is 6.85. The fourth-order valence-corrected chi connectivity index (χ4v) is 4.46. The molecule has 1 fully saturated rings. The monoisotopic (exact) mass is 415 g/mol. The molecule has 3 rings (SSSR count). The Bertz CT molecular complexity index is 958. The first-order valence-corrected chi connectivity index (χ1v) is 11.5. The van der Waals surface area contributed by atoms with E-state index < -0.39 is 10.0 Å². The number of nitrogens with zero attached hydrogens (tertiary/aromatic N) is 1. The summed E-state index contributed by atoms with van der Waals surface area (Å²) < 4.78 is 26.2. The van der Waals surface area contributed by atoms with E-state index in [0.717, 1.165) is 18.7 Å². The number of carbonyl (C=O) groups is 1. The van der Waals surface area contributed by atoms with E-state index in [-0.39, 0.29) is 16.8 Å². The number of sulfonamides is 1. The van der Waals surface area contributed by atoms with Gasteiger partial charge in [-0.2, -0.15) is 0 Å². The maximum atomic E-state index is 12.6. The first-order valence-electron chi connectivity index (χ1n) is 9.99. The highest BCUT2D eigenvalue weighted by atomic mass is 32.2. The maximum absolute atomic E-state index is 12.6. The number of benzene rings is 2. The van der Waals surface area contributed by atoms with Gasteiger partial charge in [-0.1, -0.05) is 25.1 Å². The summed E-state index contributed by atoms with van der Waals surface area (Å²) in [6, 6.07) is 14.1. The van der Waals surface area contributed by atoms with Gasteiger partial charge in [0.25, 0.3) is 5.91 Å². The maximum Gasteiger partial charge on any atom is 0.251 e. The van der Waals surface area contributed by atoms with E-state index >= 15 is 0 Å². The molecule has 156 valence electrons. The number of hydrogen-bond acceptors (Lipinski definition) is 4. The average molecular weight is 416 g/mol. The molecule has 0 unspecified atom stereocenters. The second kappa shape index (κ2) is 8.97. The highest BCUT2D eigenvalue weighted by molar-refractivity contribution is 7.89. The second-order valence-electron chi connectivity index (χ2n) is 7.72. The summed E-state index contributed by atoms with van der Waals surface area (Å²) in [6.07, 6.45) is 2.51. The van der Waals surface area contributed by atoms with E-state index in [0.29, 0.717) is 11.5 Å². The van der Waals surface area contributed by atoms with Crippen LogP contribution >= 0.6 is 0 Å². The summed E-state index contributed by atoms with van der Waals surface area (Å²) >= 11 is 0. The lowest BCUT2D eigenvalue weighted by molar-refractivity contribution is 0.0939. The van der Waals surface area contributed by atoms with Gasteiger partial charge in [-0.15, -0.1) is 0 Å². The number of anilines is 1. The van der Waals surface area contributed by atoms with Gasteiger partial charge in [0, 0.05) is 24.3 Å². The number of carbonyl (C=O) groups excluding carboxylic acids is 1. The van der Waals surface area contributed by atoms with Gasteiger partial charge in [0.1, 0.15) is 0 Å². The Morgan fingerprint density at radius 2 is 1.90 bits per heavy atom. The molecule has 2 N–H and O–H groups in total. The fourth-order valence-electron chi connectivity index (χ4n) is 3.68.